The van der Waals surface area contributed by atoms with Gasteiger partial charge in [0.2, 0.25) is 17.7 Å². The molecule has 3 aliphatic rings. The van der Waals surface area contributed by atoms with Crippen molar-refractivity contribution in [2.75, 3.05) is 13.1 Å². The molecule has 2 saturated heterocycles. The van der Waals surface area contributed by atoms with Crippen LogP contribution in [0.3, 0.4) is 0 Å². The second-order valence-corrected chi connectivity index (χ2v) is 11.4. The summed E-state index contributed by atoms with van der Waals surface area (Å²) in [6.07, 6.45) is -4.49. The monoisotopic (exact) mass is 499 g/mol. The molecule has 0 spiro atoms. The molecule has 2 heterocycles. The van der Waals surface area contributed by atoms with Gasteiger partial charge < -0.3 is 20.9 Å². The molecule has 1 saturated carbocycles. The van der Waals surface area contributed by atoms with Gasteiger partial charge in [-0.3, -0.25) is 19.2 Å². The molecule has 0 aromatic rings. The van der Waals surface area contributed by atoms with Crippen molar-refractivity contribution in [3.8, 4) is 6.07 Å². The van der Waals surface area contributed by atoms with Crippen molar-refractivity contribution >= 4 is 23.6 Å². The Morgan fingerprint density at radius 2 is 1.86 bits per heavy atom. The van der Waals surface area contributed by atoms with Gasteiger partial charge in [-0.05, 0) is 35.5 Å². The van der Waals surface area contributed by atoms with E-state index in [-0.39, 0.29) is 36.1 Å². The first-order chi connectivity index (χ1) is 16.0. The van der Waals surface area contributed by atoms with Gasteiger partial charge in [0.15, 0.2) is 0 Å². The van der Waals surface area contributed by atoms with E-state index in [0.29, 0.717) is 13.0 Å². The number of nitrogens with one attached hydrogen (secondary N) is 3. The van der Waals surface area contributed by atoms with E-state index < -0.39 is 53.4 Å². The SMILES string of the molecule is CC(C)(C)[C@H](NC(=O)C(F)(F)F)C(=O)N1C[C@@H]2[C@H]([C@@H]1C(=O)N[C@H](C#N)C[C@@H]1CCNC1=O)C2(C)C. The molecule has 0 radical (unpaired) electrons. The summed E-state index contributed by atoms with van der Waals surface area (Å²) in [7, 11) is 0. The fraction of sp³-hybridized carbons (Fsp3) is 0.783. The highest BCUT2D eigenvalue weighted by molar-refractivity contribution is 5.95. The summed E-state index contributed by atoms with van der Waals surface area (Å²) in [4.78, 5) is 51.6. The number of nitriles is 1. The van der Waals surface area contributed by atoms with E-state index >= 15 is 0 Å². The van der Waals surface area contributed by atoms with Crippen LogP contribution >= 0.6 is 0 Å². The quantitative estimate of drug-likeness (QED) is 0.504. The average Bonchev–Trinajstić information content (AvgIpc) is 3.10. The zero-order valence-corrected chi connectivity index (χ0v) is 20.5. The van der Waals surface area contributed by atoms with Crippen LogP contribution in [0.25, 0.3) is 0 Å². The number of hydrogen-bond donors (Lipinski definition) is 3. The summed E-state index contributed by atoms with van der Waals surface area (Å²) in [6, 6.07) is -1.48. The summed E-state index contributed by atoms with van der Waals surface area (Å²) in [5.74, 6) is -4.46. The normalized spacial score (nSPS) is 28.9. The van der Waals surface area contributed by atoms with Crippen molar-refractivity contribution in [3.63, 3.8) is 0 Å². The average molecular weight is 500 g/mol. The molecule has 9 nitrogen and oxygen atoms in total. The molecule has 0 unspecified atom stereocenters. The first-order valence-corrected chi connectivity index (χ1v) is 11.7. The topological polar surface area (TPSA) is 131 Å². The van der Waals surface area contributed by atoms with Crippen molar-refractivity contribution in [2.24, 2.45) is 28.6 Å². The highest BCUT2D eigenvalue weighted by atomic mass is 19.4. The van der Waals surface area contributed by atoms with Crippen molar-refractivity contribution in [1.82, 2.24) is 20.9 Å². The van der Waals surface area contributed by atoms with Crippen molar-refractivity contribution in [1.29, 1.82) is 5.26 Å². The molecule has 0 aromatic heterocycles. The maximum atomic E-state index is 13.5. The van der Waals surface area contributed by atoms with Gasteiger partial charge in [0.25, 0.3) is 0 Å². The second kappa shape index (κ2) is 8.99. The number of nitrogens with zero attached hydrogens (tertiary/aromatic N) is 2. The molecule has 0 bridgehead atoms. The Morgan fingerprint density at radius 1 is 1.23 bits per heavy atom. The molecule has 12 heteroatoms. The Labute approximate surface area is 202 Å². The zero-order valence-electron chi connectivity index (χ0n) is 20.5. The minimum atomic E-state index is -5.16. The van der Waals surface area contributed by atoms with E-state index in [4.69, 9.17) is 0 Å². The lowest BCUT2D eigenvalue weighted by molar-refractivity contribution is -0.176. The summed E-state index contributed by atoms with van der Waals surface area (Å²) in [6.45, 7) is 9.13. The number of likely N-dealkylation sites (tertiary alicyclic amines) is 1. The maximum absolute atomic E-state index is 13.5. The fourth-order valence-corrected chi connectivity index (χ4v) is 5.40. The molecule has 35 heavy (non-hydrogen) atoms. The van der Waals surface area contributed by atoms with Gasteiger partial charge in [-0.25, -0.2) is 0 Å². The van der Waals surface area contributed by atoms with Gasteiger partial charge in [0, 0.05) is 19.0 Å². The van der Waals surface area contributed by atoms with Crippen molar-refractivity contribution < 1.29 is 32.3 Å². The summed E-state index contributed by atoms with van der Waals surface area (Å²) >= 11 is 0. The number of alkyl halides is 3. The first-order valence-electron chi connectivity index (χ1n) is 11.7. The third kappa shape index (κ3) is 5.23. The molecule has 3 fully saturated rings. The molecule has 1 aliphatic carbocycles. The Hall–Kier alpha value is -2.84. The maximum Gasteiger partial charge on any atom is 0.471 e. The van der Waals surface area contributed by atoms with Crippen LogP contribution in [-0.2, 0) is 19.2 Å². The van der Waals surface area contributed by atoms with E-state index in [1.54, 1.807) is 5.32 Å². The Bertz CT molecular complexity index is 952. The first kappa shape index (κ1) is 26.8. The fourth-order valence-electron chi connectivity index (χ4n) is 5.40. The number of piperidine rings is 1. The molecular weight excluding hydrogens is 467 g/mol. The Balaban J connectivity index is 1.81. The third-order valence-corrected chi connectivity index (χ3v) is 7.56. The van der Waals surface area contributed by atoms with E-state index in [0.717, 1.165) is 0 Å². The number of rotatable bonds is 6. The van der Waals surface area contributed by atoms with Crippen molar-refractivity contribution in [3.05, 3.63) is 0 Å². The number of fused-ring (bicyclic) bond motifs is 1. The molecule has 3 N–H and O–H groups in total. The van der Waals surface area contributed by atoms with Crippen LogP contribution in [0.2, 0.25) is 0 Å². The smallest absolute Gasteiger partial charge is 0.356 e. The van der Waals surface area contributed by atoms with Gasteiger partial charge in [0.1, 0.15) is 18.1 Å². The molecule has 0 aromatic carbocycles. The summed E-state index contributed by atoms with van der Waals surface area (Å²) in [5.41, 5.74) is -1.33. The molecule has 4 amide bonds. The standard InChI is InChI=1S/C23H32F3N5O4/c1-21(2,3)16(30-20(35)23(24,25)26)19(34)31-10-13-14(22(13,4)5)15(31)18(33)29-12(9-27)8-11-6-7-28-17(11)32/h11-16H,6-8,10H2,1-5H3,(H,28,32)(H,29,33)(H,30,35)/t11-,12-,13+,14+,15+,16+/m0/s1. The lowest BCUT2D eigenvalue weighted by Crippen LogP contribution is -2.61. The number of halogens is 3. The minimum absolute atomic E-state index is 0.0396. The highest BCUT2D eigenvalue weighted by Gasteiger charge is 2.70. The lowest BCUT2D eigenvalue weighted by atomic mass is 9.85. The molecule has 2 aliphatic heterocycles. The molecule has 6 atom stereocenters. The third-order valence-electron chi connectivity index (χ3n) is 7.56. The van der Waals surface area contributed by atoms with E-state index in [2.05, 4.69) is 10.6 Å². The highest BCUT2D eigenvalue weighted by Crippen LogP contribution is 2.65. The van der Waals surface area contributed by atoms with Gasteiger partial charge in [0.05, 0.1) is 6.07 Å². The zero-order chi connectivity index (χ0) is 26.5. The predicted octanol–water partition coefficient (Wildman–Crippen LogP) is 1.10. The molecular formula is C23H32F3N5O4. The molecule has 3 rings (SSSR count). The van der Waals surface area contributed by atoms with E-state index in [9.17, 15) is 37.6 Å². The van der Waals surface area contributed by atoms with Gasteiger partial charge >= 0.3 is 12.1 Å². The van der Waals surface area contributed by atoms with Crippen molar-refractivity contribution in [2.45, 2.75) is 71.8 Å². The van der Waals surface area contributed by atoms with Crippen LogP contribution < -0.4 is 16.0 Å². The second-order valence-electron chi connectivity index (χ2n) is 11.4. The Morgan fingerprint density at radius 3 is 2.34 bits per heavy atom. The van der Waals surface area contributed by atoms with Crippen LogP contribution in [0.1, 0.15) is 47.5 Å². The van der Waals surface area contributed by atoms with Crippen LogP contribution in [0.5, 0.6) is 0 Å². The van der Waals surface area contributed by atoms with E-state index in [1.807, 2.05) is 19.9 Å². The number of carbonyl (C=O) groups excluding carboxylic acids is 4. The van der Waals surface area contributed by atoms with Crippen LogP contribution in [-0.4, -0.2) is 65.9 Å². The number of amides is 4. The largest absolute Gasteiger partial charge is 0.471 e. The van der Waals surface area contributed by atoms with Gasteiger partial charge in [-0.15, -0.1) is 0 Å². The van der Waals surface area contributed by atoms with Gasteiger partial charge in [-0.1, -0.05) is 34.6 Å². The van der Waals surface area contributed by atoms with Crippen LogP contribution in [0, 0.1) is 39.9 Å². The Kier molecular flexibility index (Phi) is 6.87. The van der Waals surface area contributed by atoms with Gasteiger partial charge in [-0.2, -0.15) is 18.4 Å². The molecule has 194 valence electrons. The van der Waals surface area contributed by atoms with Crippen LogP contribution in [0.4, 0.5) is 13.2 Å². The summed E-state index contributed by atoms with van der Waals surface area (Å²) in [5, 5.41) is 16.7. The predicted molar refractivity (Wildman–Crippen MR) is 117 cm³/mol. The lowest BCUT2D eigenvalue weighted by Gasteiger charge is -2.37. The number of carbonyl (C=O) groups is 4. The minimum Gasteiger partial charge on any atom is -0.356 e. The van der Waals surface area contributed by atoms with E-state index in [1.165, 1.54) is 25.7 Å². The number of hydrogen-bond acceptors (Lipinski definition) is 5. The van der Waals surface area contributed by atoms with Crippen LogP contribution in [0.15, 0.2) is 0 Å². The summed E-state index contributed by atoms with van der Waals surface area (Å²) < 4.78 is 38.8.